The second-order valence-corrected chi connectivity index (χ2v) is 4.85. The maximum absolute atomic E-state index is 11.5. The predicted octanol–water partition coefficient (Wildman–Crippen LogP) is 1.29. The van der Waals surface area contributed by atoms with Gasteiger partial charge in [0.1, 0.15) is 5.52 Å². The Labute approximate surface area is 95.5 Å². The molecule has 0 spiro atoms. The molecule has 0 aliphatic carbocycles. The van der Waals surface area contributed by atoms with Crippen molar-refractivity contribution in [1.29, 1.82) is 0 Å². The summed E-state index contributed by atoms with van der Waals surface area (Å²) in [6.07, 6.45) is 3.12. The van der Waals surface area contributed by atoms with Gasteiger partial charge in [0.2, 0.25) is 0 Å². The van der Waals surface area contributed by atoms with Crippen molar-refractivity contribution in [2.24, 2.45) is 0 Å². The summed E-state index contributed by atoms with van der Waals surface area (Å²) in [7, 11) is 0. The normalized spacial score (nSPS) is 25.2. The van der Waals surface area contributed by atoms with Crippen LogP contribution in [0.5, 0.6) is 0 Å². The lowest BCUT2D eigenvalue weighted by atomic mass is 9.95. The number of carboxylic acid groups (broad SMARTS) is 1. The fourth-order valence-electron chi connectivity index (χ4n) is 2.27. The van der Waals surface area contributed by atoms with E-state index in [2.05, 4.69) is 15.3 Å². The molecular formula is C10H11N3O2S. The standard InChI is InChI=1S/C10H11N3O2S/c14-9(15)10(2-1-3-13-10)8-7-6(4-16-8)11-5-12-7/h4-5,13H,1-3H2,(H,11,12)(H,14,15). The predicted molar refractivity (Wildman–Crippen MR) is 60.5 cm³/mol. The fraction of sp³-hybridized carbons (Fsp3) is 0.400. The van der Waals surface area contributed by atoms with Crippen LogP contribution in [0.1, 0.15) is 17.7 Å². The van der Waals surface area contributed by atoms with Crippen LogP contribution < -0.4 is 5.32 Å². The van der Waals surface area contributed by atoms with E-state index in [9.17, 15) is 9.90 Å². The Morgan fingerprint density at radius 2 is 2.50 bits per heavy atom. The number of carboxylic acids is 1. The average Bonchev–Trinajstić information content (AvgIpc) is 2.93. The maximum Gasteiger partial charge on any atom is 0.329 e. The van der Waals surface area contributed by atoms with Gasteiger partial charge in [0.05, 0.1) is 16.7 Å². The lowest BCUT2D eigenvalue weighted by Gasteiger charge is -2.22. The van der Waals surface area contributed by atoms with E-state index >= 15 is 0 Å². The molecule has 0 amide bonds. The zero-order valence-corrected chi connectivity index (χ0v) is 9.30. The number of aliphatic carboxylic acids is 1. The highest BCUT2D eigenvalue weighted by atomic mass is 32.1. The number of nitrogens with zero attached hydrogens (tertiary/aromatic N) is 1. The first-order valence-corrected chi connectivity index (χ1v) is 6.01. The molecule has 2 aromatic rings. The minimum Gasteiger partial charge on any atom is -0.480 e. The summed E-state index contributed by atoms with van der Waals surface area (Å²) < 4.78 is 0. The largest absolute Gasteiger partial charge is 0.480 e. The molecule has 6 heteroatoms. The minimum absolute atomic E-state index is 0.630. The summed E-state index contributed by atoms with van der Waals surface area (Å²) >= 11 is 1.46. The number of rotatable bonds is 2. The lowest BCUT2D eigenvalue weighted by molar-refractivity contribution is -0.144. The smallest absolute Gasteiger partial charge is 0.329 e. The molecule has 3 rings (SSSR count). The molecule has 0 bridgehead atoms. The van der Waals surface area contributed by atoms with Crippen molar-refractivity contribution in [3.8, 4) is 0 Å². The Kier molecular flexibility index (Phi) is 2.02. The maximum atomic E-state index is 11.5. The molecule has 1 aliphatic rings. The number of aromatic nitrogens is 2. The monoisotopic (exact) mass is 237 g/mol. The van der Waals surface area contributed by atoms with E-state index in [1.165, 1.54) is 11.3 Å². The second kappa shape index (κ2) is 3.29. The van der Waals surface area contributed by atoms with Crippen molar-refractivity contribution in [2.45, 2.75) is 18.4 Å². The van der Waals surface area contributed by atoms with Gasteiger partial charge in [-0.05, 0) is 19.4 Å². The number of fused-ring (bicyclic) bond motifs is 1. The highest BCUT2D eigenvalue weighted by molar-refractivity contribution is 7.11. The molecule has 2 aromatic heterocycles. The molecule has 1 atom stereocenters. The van der Waals surface area contributed by atoms with Crippen LogP contribution in [0, 0.1) is 0 Å². The molecule has 0 radical (unpaired) electrons. The number of hydrogen-bond acceptors (Lipinski definition) is 4. The molecule has 1 unspecified atom stereocenters. The van der Waals surface area contributed by atoms with Gasteiger partial charge in [0, 0.05) is 5.38 Å². The molecule has 1 aliphatic heterocycles. The van der Waals surface area contributed by atoms with Gasteiger partial charge in [-0.15, -0.1) is 11.3 Å². The van der Waals surface area contributed by atoms with Crippen molar-refractivity contribution in [3.63, 3.8) is 0 Å². The highest BCUT2D eigenvalue weighted by Gasteiger charge is 2.45. The van der Waals surface area contributed by atoms with E-state index in [4.69, 9.17) is 0 Å². The van der Waals surface area contributed by atoms with Crippen LogP contribution in [0.2, 0.25) is 0 Å². The topological polar surface area (TPSA) is 78.0 Å². The zero-order chi connectivity index (χ0) is 11.2. The van der Waals surface area contributed by atoms with Gasteiger partial charge in [-0.3, -0.25) is 5.32 Å². The van der Waals surface area contributed by atoms with Crippen LogP contribution in [0.3, 0.4) is 0 Å². The molecular weight excluding hydrogens is 226 g/mol. The molecule has 16 heavy (non-hydrogen) atoms. The van der Waals surface area contributed by atoms with Crippen LogP contribution in [0.4, 0.5) is 0 Å². The van der Waals surface area contributed by atoms with Crippen LogP contribution in [-0.4, -0.2) is 27.6 Å². The minimum atomic E-state index is -0.929. The summed E-state index contributed by atoms with van der Waals surface area (Å²) in [5, 5.41) is 14.5. The Hall–Kier alpha value is -1.40. The number of H-pyrrole nitrogens is 1. The molecule has 3 heterocycles. The van der Waals surface area contributed by atoms with Crippen LogP contribution in [0.25, 0.3) is 11.0 Å². The van der Waals surface area contributed by atoms with E-state index in [0.717, 1.165) is 28.9 Å². The summed E-state index contributed by atoms with van der Waals surface area (Å²) in [5.41, 5.74) is 0.762. The van der Waals surface area contributed by atoms with Crippen molar-refractivity contribution < 1.29 is 9.90 Å². The third-order valence-electron chi connectivity index (χ3n) is 3.09. The van der Waals surface area contributed by atoms with Gasteiger partial charge < -0.3 is 10.1 Å². The summed E-state index contributed by atoms with van der Waals surface area (Å²) in [5.74, 6) is -0.809. The van der Waals surface area contributed by atoms with E-state index in [1.54, 1.807) is 6.33 Å². The third-order valence-corrected chi connectivity index (χ3v) is 4.22. The third kappa shape index (κ3) is 1.14. The lowest BCUT2D eigenvalue weighted by Crippen LogP contribution is -2.44. The second-order valence-electron chi connectivity index (χ2n) is 3.97. The molecule has 3 N–H and O–H groups in total. The Morgan fingerprint density at radius 1 is 1.62 bits per heavy atom. The average molecular weight is 237 g/mol. The number of aromatic amines is 1. The van der Waals surface area contributed by atoms with Gasteiger partial charge in [-0.2, -0.15) is 0 Å². The number of thiophene rings is 1. The highest BCUT2D eigenvalue weighted by Crippen LogP contribution is 2.38. The van der Waals surface area contributed by atoms with Crippen molar-refractivity contribution in [2.75, 3.05) is 6.54 Å². The van der Waals surface area contributed by atoms with Gasteiger partial charge in [0.25, 0.3) is 0 Å². The number of hydrogen-bond donors (Lipinski definition) is 3. The van der Waals surface area contributed by atoms with E-state index in [-0.39, 0.29) is 0 Å². The first kappa shape index (κ1) is 9.80. The fourth-order valence-corrected chi connectivity index (χ4v) is 3.42. The molecule has 0 saturated carbocycles. The molecule has 1 saturated heterocycles. The Balaban J connectivity index is 2.21. The zero-order valence-electron chi connectivity index (χ0n) is 8.49. The van der Waals surface area contributed by atoms with Crippen molar-refractivity contribution in [1.82, 2.24) is 15.3 Å². The summed E-state index contributed by atoms with van der Waals surface area (Å²) in [6.45, 7) is 0.746. The first-order chi connectivity index (χ1) is 7.74. The summed E-state index contributed by atoms with van der Waals surface area (Å²) in [6, 6.07) is 0. The van der Waals surface area contributed by atoms with E-state index in [0.29, 0.717) is 6.42 Å². The van der Waals surface area contributed by atoms with Crippen molar-refractivity contribution >= 4 is 28.3 Å². The number of imidazole rings is 1. The van der Waals surface area contributed by atoms with E-state index in [1.807, 2.05) is 5.38 Å². The first-order valence-electron chi connectivity index (χ1n) is 5.13. The van der Waals surface area contributed by atoms with Crippen LogP contribution >= 0.6 is 11.3 Å². The van der Waals surface area contributed by atoms with Gasteiger partial charge in [-0.25, -0.2) is 9.78 Å². The SMILES string of the molecule is O=C(O)C1(c2scc3[nH]cnc23)CCCN1. The quantitative estimate of drug-likeness (QED) is 0.735. The van der Waals surface area contributed by atoms with E-state index < -0.39 is 11.5 Å². The molecule has 84 valence electrons. The summed E-state index contributed by atoms with van der Waals surface area (Å²) in [4.78, 5) is 19.5. The number of carbonyl (C=O) groups is 1. The Bertz CT molecular complexity index is 539. The Morgan fingerprint density at radius 3 is 3.19 bits per heavy atom. The molecule has 5 nitrogen and oxygen atoms in total. The van der Waals surface area contributed by atoms with Gasteiger partial charge >= 0.3 is 5.97 Å². The van der Waals surface area contributed by atoms with Crippen molar-refractivity contribution in [3.05, 3.63) is 16.6 Å². The number of nitrogens with one attached hydrogen (secondary N) is 2. The van der Waals surface area contributed by atoms with Crippen LogP contribution in [-0.2, 0) is 10.3 Å². The van der Waals surface area contributed by atoms with Crippen LogP contribution in [0.15, 0.2) is 11.7 Å². The molecule has 0 aromatic carbocycles. The molecule has 1 fully saturated rings. The van der Waals surface area contributed by atoms with Gasteiger partial charge in [0.15, 0.2) is 5.54 Å². The van der Waals surface area contributed by atoms with Gasteiger partial charge in [-0.1, -0.05) is 0 Å².